The molecule has 0 fully saturated rings. The maximum absolute atomic E-state index is 10.4. The second-order valence-corrected chi connectivity index (χ2v) is 4.54. The van der Waals surface area contributed by atoms with Crippen molar-refractivity contribution in [3.63, 3.8) is 0 Å². The Bertz CT molecular complexity index is 593. The quantitative estimate of drug-likeness (QED) is 0.836. The van der Waals surface area contributed by atoms with Crippen LogP contribution in [0.25, 0.3) is 0 Å². The lowest BCUT2D eigenvalue weighted by Crippen LogP contribution is -2.03. The maximum atomic E-state index is 10.4. The second-order valence-electron chi connectivity index (χ2n) is 4.54. The van der Waals surface area contributed by atoms with Gasteiger partial charge in [-0.15, -0.1) is 5.73 Å². The highest BCUT2D eigenvalue weighted by Crippen LogP contribution is 2.25. The first-order valence-corrected chi connectivity index (χ1v) is 6.49. The zero-order valence-corrected chi connectivity index (χ0v) is 11.5. The number of aliphatic hydroxyl groups excluding tert-OH is 1. The van der Waals surface area contributed by atoms with Crippen molar-refractivity contribution in [2.75, 3.05) is 7.11 Å². The zero-order chi connectivity index (χ0) is 14.4. The molecule has 2 rings (SSSR count). The van der Waals surface area contributed by atoms with Gasteiger partial charge < -0.3 is 9.84 Å². The van der Waals surface area contributed by atoms with Gasteiger partial charge in [0.25, 0.3) is 0 Å². The van der Waals surface area contributed by atoms with Gasteiger partial charge >= 0.3 is 0 Å². The number of rotatable bonds is 5. The Hall–Kier alpha value is -2.28. The van der Waals surface area contributed by atoms with Gasteiger partial charge in [0.1, 0.15) is 11.9 Å². The van der Waals surface area contributed by atoms with Gasteiger partial charge in [-0.05, 0) is 23.3 Å². The fourth-order valence-electron chi connectivity index (χ4n) is 2.06. The van der Waals surface area contributed by atoms with Crippen molar-refractivity contribution in [3.8, 4) is 5.75 Å². The van der Waals surface area contributed by atoms with E-state index in [1.807, 2.05) is 54.6 Å². The predicted molar refractivity (Wildman–Crippen MR) is 80.8 cm³/mol. The summed E-state index contributed by atoms with van der Waals surface area (Å²) in [4.78, 5) is 0. The molecule has 0 amide bonds. The fraction of sp³-hybridized carbons (Fsp3) is 0.167. The van der Waals surface area contributed by atoms with Gasteiger partial charge in [0.2, 0.25) is 0 Å². The molecular formula is C18H18O2. The van der Waals surface area contributed by atoms with Crippen LogP contribution >= 0.6 is 0 Å². The van der Waals surface area contributed by atoms with E-state index in [9.17, 15) is 5.11 Å². The first kappa shape index (κ1) is 14.1. The molecule has 0 saturated heterocycles. The molecular weight excluding hydrogens is 248 g/mol. The third-order valence-electron chi connectivity index (χ3n) is 3.23. The molecule has 1 unspecified atom stereocenters. The molecule has 20 heavy (non-hydrogen) atoms. The number of methoxy groups -OCH3 is 1. The summed E-state index contributed by atoms with van der Waals surface area (Å²) in [7, 11) is 1.62. The topological polar surface area (TPSA) is 29.5 Å². The third kappa shape index (κ3) is 3.39. The Labute approximate surface area is 119 Å². The molecule has 2 heteroatoms. The van der Waals surface area contributed by atoms with E-state index >= 15 is 0 Å². The van der Waals surface area contributed by atoms with Gasteiger partial charge in [0, 0.05) is 12.0 Å². The lowest BCUT2D eigenvalue weighted by Gasteiger charge is -2.14. The molecule has 0 aromatic heterocycles. The molecule has 0 aliphatic heterocycles. The summed E-state index contributed by atoms with van der Waals surface area (Å²) in [6, 6.07) is 17.4. The standard InChI is InChI=1S/C18H18O2/c1-3-15(13-14-7-5-4-6-8-14)18(19)16-9-11-17(20-2)12-10-16/h4-12,18-19H,1,13H2,2H3. The Balaban J connectivity index is 2.16. The molecule has 1 N–H and O–H groups in total. The van der Waals surface area contributed by atoms with Crippen molar-refractivity contribution in [2.45, 2.75) is 12.5 Å². The van der Waals surface area contributed by atoms with Gasteiger partial charge in [-0.3, -0.25) is 0 Å². The minimum absolute atomic E-state index is 0.636. The summed E-state index contributed by atoms with van der Waals surface area (Å²) < 4.78 is 5.11. The molecule has 0 heterocycles. The van der Waals surface area contributed by atoms with Crippen LogP contribution in [-0.4, -0.2) is 12.2 Å². The molecule has 102 valence electrons. The summed E-state index contributed by atoms with van der Waals surface area (Å²) in [6.07, 6.45) is -0.0593. The van der Waals surface area contributed by atoms with Crippen LogP contribution in [0.5, 0.6) is 5.75 Å². The Morgan fingerprint density at radius 3 is 2.35 bits per heavy atom. The van der Waals surface area contributed by atoms with Crippen LogP contribution in [0.2, 0.25) is 0 Å². The van der Waals surface area contributed by atoms with Gasteiger partial charge in [0.05, 0.1) is 7.11 Å². The Morgan fingerprint density at radius 2 is 1.80 bits per heavy atom. The molecule has 0 radical (unpaired) electrons. The van der Waals surface area contributed by atoms with Crippen molar-refractivity contribution in [3.05, 3.63) is 83.6 Å². The largest absolute Gasteiger partial charge is 0.497 e. The highest BCUT2D eigenvalue weighted by Gasteiger charge is 2.13. The van der Waals surface area contributed by atoms with E-state index in [1.165, 1.54) is 0 Å². The Kier molecular flexibility index (Phi) is 4.78. The summed E-state index contributed by atoms with van der Waals surface area (Å²) in [5.41, 5.74) is 5.57. The number of benzene rings is 2. The summed E-state index contributed by atoms with van der Waals surface area (Å²) in [5, 5.41) is 10.4. The van der Waals surface area contributed by atoms with Crippen LogP contribution in [0.3, 0.4) is 0 Å². The van der Waals surface area contributed by atoms with E-state index < -0.39 is 6.10 Å². The molecule has 0 aliphatic carbocycles. The highest BCUT2D eigenvalue weighted by atomic mass is 16.5. The minimum atomic E-state index is -0.696. The number of ether oxygens (including phenoxy) is 1. The fourth-order valence-corrected chi connectivity index (χ4v) is 2.06. The maximum Gasteiger partial charge on any atom is 0.118 e. The van der Waals surface area contributed by atoms with Gasteiger partial charge in [-0.25, -0.2) is 0 Å². The van der Waals surface area contributed by atoms with E-state index in [1.54, 1.807) is 7.11 Å². The molecule has 0 spiro atoms. The number of aliphatic hydroxyl groups is 1. The van der Waals surface area contributed by atoms with Crippen LogP contribution in [0.4, 0.5) is 0 Å². The summed E-state index contributed by atoms with van der Waals surface area (Å²) in [6.45, 7) is 3.69. The van der Waals surface area contributed by atoms with Crippen molar-refractivity contribution in [2.24, 2.45) is 0 Å². The zero-order valence-electron chi connectivity index (χ0n) is 11.5. The second kappa shape index (κ2) is 6.76. The van der Waals surface area contributed by atoms with Crippen molar-refractivity contribution >= 4 is 0 Å². The minimum Gasteiger partial charge on any atom is -0.497 e. The SMILES string of the molecule is C=C=C(Cc1ccccc1)C(O)c1ccc(OC)cc1. The van der Waals surface area contributed by atoms with Gasteiger partial charge in [-0.1, -0.05) is 49.0 Å². The number of hydrogen-bond donors (Lipinski definition) is 1. The highest BCUT2D eigenvalue weighted by molar-refractivity contribution is 5.34. The molecule has 0 bridgehead atoms. The van der Waals surface area contributed by atoms with Crippen LogP contribution in [0.15, 0.2) is 72.5 Å². The van der Waals surface area contributed by atoms with Crippen LogP contribution < -0.4 is 4.74 Å². The van der Waals surface area contributed by atoms with E-state index in [0.29, 0.717) is 6.42 Å². The lowest BCUT2D eigenvalue weighted by atomic mass is 9.96. The normalized spacial score (nSPS) is 11.5. The van der Waals surface area contributed by atoms with E-state index in [0.717, 1.165) is 22.4 Å². The monoisotopic (exact) mass is 266 g/mol. The predicted octanol–water partition coefficient (Wildman–Crippen LogP) is 3.68. The average molecular weight is 266 g/mol. The molecule has 2 aromatic rings. The van der Waals surface area contributed by atoms with E-state index in [4.69, 9.17) is 4.74 Å². The lowest BCUT2D eigenvalue weighted by molar-refractivity contribution is 0.213. The molecule has 2 nitrogen and oxygen atoms in total. The first-order valence-electron chi connectivity index (χ1n) is 6.49. The summed E-state index contributed by atoms with van der Waals surface area (Å²) >= 11 is 0. The number of hydrogen-bond acceptors (Lipinski definition) is 2. The average Bonchev–Trinajstić information content (AvgIpc) is 2.53. The first-order chi connectivity index (χ1) is 9.74. The Morgan fingerprint density at radius 1 is 1.15 bits per heavy atom. The van der Waals surface area contributed by atoms with Crippen molar-refractivity contribution in [1.82, 2.24) is 0 Å². The molecule has 1 atom stereocenters. The van der Waals surface area contributed by atoms with Gasteiger partial charge in [-0.2, -0.15) is 0 Å². The van der Waals surface area contributed by atoms with E-state index in [2.05, 4.69) is 12.3 Å². The molecule has 0 saturated carbocycles. The smallest absolute Gasteiger partial charge is 0.118 e. The third-order valence-corrected chi connectivity index (χ3v) is 3.23. The van der Waals surface area contributed by atoms with Crippen LogP contribution in [0.1, 0.15) is 17.2 Å². The molecule has 2 aromatic carbocycles. The van der Waals surface area contributed by atoms with Crippen molar-refractivity contribution < 1.29 is 9.84 Å². The van der Waals surface area contributed by atoms with Crippen molar-refractivity contribution in [1.29, 1.82) is 0 Å². The van der Waals surface area contributed by atoms with Gasteiger partial charge in [0.15, 0.2) is 0 Å². The van der Waals surface area contributed by atoms with Crippen LogP contribution in [0, 0.1) is 0 Å². The van der Waals surface area contributed by atoms with E-state index in [-0.39, 0.29) is 0 Å². The molecule has 0 aliphatic rings. The summed E-state index contributed by atoms with van der Waals surface area (Å²) in [5.74, 6) is 0.771. The van der Waals surface area contributed by atoms with Crippen LogP contribution in [-0.2, 0) is 6.42 Å².